The number of nitrogens with one attached hydrogen (secondary N) is 1. The van der Waals surface area contributed by atoms with Crippen LogP contribution in [0.2, 0.25) is 0 Å². The molecule has 0 unspecified atom stereocenters. The van der Waals surface area contributed by atoms with Crippen LogP contribution in [-0.2, 0) is 23.0 Å². The number of morpholine rings is 1. The van der Waals surface area contributed by atoms with Crippen LogP contribution in [0.4, 0.5) is 0 Å². The summed E-state index contributed by atoms with van der Waals surface area (Å²) in [7, 11) is 1.90. The molecule has 26 heavy (non-hydrogen) atoms. The van der Waals surface area contributed by atoms with Crippen molar-refractivity contribution in [2.45, 2.75) is 33.2 Å². The number of rotatable bonds is 6. The quantitative estimate of drug-likeness (QED) is 0.848. The van der Waals surface area contributed by atoms with Gasteiger partial charge in [-0.2, -0.15) is 5.10 Å². The molecule has 2 aromatic rings. The monoisotopic (exact) mass is 360 g/mol. The molecule has 0 bridgehead atoms. The summed E-state index contributed by atoms with van der Waals surface area (Å²) >= 11 is 0. The molecule has 3 rings (SSSR count). The van der Waals surface area contributed by atoms with E-state index in [1.54, 1.807) is 0 Å². The first kappa shape index (κ1) is 18.7. The van der Waals surface area contributed by atoms with E-state index in [0.29, 0.717) is 26.2 Å². The fourth-order valence-electron chi connectivity index (χ4n) is 3.44. The Balaban J connectivity index is 1.66. The second kappa shape index (κ2) is 8.05. The molecule has 3 heterocycles. The first-order valence-corrected chi connectivity index (χ1v) is 9.09. The predicted octanol–water partition coefficient (Wildman–Crippen LogP) is 1.67. The van der Waals surface area contributed by atoms with Gasteiger partial charge >= 0.3 is 0 Å². The first-order chi connectivity index (χ1) is 12.5. The van der Waals surface area contributed by atoms with Gasteiger partial charge in [0.2, 0.25) is 5.91 Å². The van der Waals surface area contributed by atoms with Gasteiger partial charge in [-0.1, -0.05) is 0 Å². The SMILES string of the molecule is Cc1ccc([C@H](CNC(=O)Cc2c(C)nn(C)c2C)N2CCOCC2)o1. The van der Waals surface area contributed by atoms with Crippen molar-refractivity contribution in [1.29, 1.82) is 0 Å². The van der Waals surface area contributed by atoms with Crippen molar-refractivity contribution in [2.75, 3.05) is 32.8 Å². The Morgan fingerprint density at radius 1 is 1.27 bits per heavy atom. The highest BCUT2D eigenvalue weighted by Crippen LogP contribution is 2.23. The van der Waals surface area contributed by atoms with Gasteiger partial charge in [0.1, 0.15) is 11.5 Å². The average molecular weight is 360 g/mol. The molecule has 7 heteroatoms. The fourth-order valence-corrected chi connectivity index (χ4v) is 3.44. The normalized spacial score (nSPS) is 16.6. The average Bonchev–Trinajstić information content (AvgIpc) is 3.15. The molecule has 0 spiro atoms. The standard InChI is InChI=1S/C19H28N4O3/c1-13-5-6-18(26-13)17(23-7-9-25-10-8-23)12-20-19(24)11-16-14(2)21-22(4)15(16)3/h5-6,17H,7-12H2,1-4H3,(H,20,24)/t17-/m0/s1. The lowest BCUT2D eigenvalue weighted by Gasteiger charge is -2.33. The fraction of sp³-hybridized carbons (Fsp3) is 0.579. The molecule has 1 amide bonds. The van der Waals surface area contributed by atoms with Gasteiger partial charge in [-0.25, -0.2) is 0 Å². The van der Waals surface area contributed by atoms with Crippen LogP contribution < -0.4 is 5.32 Å². The van der Waals surface area contributed by atoms with E-state index in [2.05, 4.69) is 15.3 Å². The molecule has 1 aliphatic heterocycles. The number of nitrogens with zero attached hydrogens (tertiary/aromatic N) is 3. The van der Waals surface area contributed by atoms with Crippen molar-refractivity contribution >= 4 is 5.91 Å². The highest BCUT2D eigenvalue weighted by Gasteiger charge is 2.26. The minimum absolute atomic E-state index is 0.00531. The molecule has 0 radical (unpaired) electrons. The molecule has 1 fully saturated rings. The third-order valence-electron chi connectivity index (χ3n) is 5.06. The molecule has 0 aromatic carbocycles. The molecule has 2 aromatic heterocycles. The number of hydrogen-bond acceptors (Lipinski definition) is 5. The van der Waals surface area contributed by atoms with E-state index in [0.717, 1.165) is 41.6 Å². The van der Waals surface area contributed by atoms with Gasteiger partial charge < -0.3 is 14.5 Å². The van der Waals surface area contributed by atoms with E-state index < -0.39 is 0 Å². The molecule has 1 aliphatic rings. The second-order valence-electron chi connectivity index (χ2n) is 6.87. The second-order valence-corrected chi connectivity index (χ2v) is 6.87. The van der Waals surface area contributed by atoms with E-state index in [9.17, 15) is 4.79 Å². The summed E-state index contributed by atoms with van der Waals surface area (Å²) in [5, 5.41) is 7.46. The molecule has 1 saturated heterocycles. The van der Waals surface area contributed by atoms with E-state index in [1.807, 2.05) is 44.6 Å². The van der Waals surface area contributed by atoms with Crippen molar-refractivity contribution in [3.63, 3.8) is 0 Å². The number of aromatic nitrogens is 2. The number of carbonyl (C=O) groups is 1. The topological polar surface area (TPSA) is 72.5 Å². The maximum atomic E-state index is 12.5. The van der Waals surface area contributed by atoms with Crippen LogP contribution in [0.25, 0.3) is 0 Å². The van der Waals surface area contributed by atoms with Crippen LogP contribution in [0.5, 0.6) is 0 Å². The van der Waals surface area contributed by atoms with Crippen LogP contribution in [0, 0.1) is 20.8 Å². The molecule has 1 atom stereocenters. The smallest absolute Gasteiger partial charge is 0.224 e. The molecular weight excluding hydrogens is 332 g/mol. The zero-order valence-corrected chi connectivity index (χ0v) is 16.0. The van der Waals surface area contributed by atoms with Crippen LogP contribution >= 0.6 is 0 Å². The number of carbonyl (C=O) groups excluding carboxylic acids is 1. The molecule has 7 nitrogen and oxygen atoms in total. The Morgan fingerprint density at radius 3 is 2.58 bits per heavy atom. The number of furan rings is 1. The maximum Gasteiger partial charge on any atom is 0.224 e. The minimum atomic E-state index is 0.00531. The molecule has 0 aliphatic carbocycles. The molecule has 1 N–H and O–H groups in total. The zero-order valence-electron chi connectivity index (χ0n) is 16.0. The largest absolute Gasteiger partial charge is 0.465 e. The van der Waals surface area contributed by atoms with E-state index in [4.69, 9.17) is 9.15 Å². The number of aryl methyl sites for hydroxylation is 3. The third-order valence-corrected chi connectivity index (χ3v) is 5.06. The lowest BCUT2D eigenvalue weighted by atomic mass is 10.1. The Morgan fingerprint density at radius 2 is 2.00 bits per heavy atom. The van der Waals surface area contributed by atoms with E-state index in [1.165, 1.54) is 0 Å². The molecule has 0 saturated carbocycles. The van der Waals surface area contributed by atoms with Gasteiger partial charge in [-0.15, -0.1) is 0 Å². The summed E-state index contributed by atoms with van der Waals surface area (Å²) in [5.41, 5.74) is 2.94. The molecule has 142 valence electrons. The summed E-state index contributed by atoms with van der Waals surface area (Å²) in [6, 6.07) is 3.98. The van der Waals surface area contributed by atoms with Crippen molar-refractivity contribution in [2.24, 2.45) is 7.05 Å². The Bertz CT molecular complexity index is 759. The van der Waals surface area contributed by atoms with Gasteiger partial charge in [0.25, 0.3) is 0 Å². The number of hydrogen-bond donors (Lipinski definition) is 1. The van der Waals surface area contributed by atoms with Crippen LogP contribution in [0.3, 0.4) is 0 Å². The minimum Gasteiger partial charge on any atom is -0.465 e. The van der Waals surface area contributed by atoms with Gasteiger partial charge in [0.15, 0.2) is 0 Å². The van der Waals surface area contributed by atoms with Gasteiger partial charge in [0.05, 0.1) is 31.4 Å². The van der Waals surface area contributed by atoms with Crippen molar-refractivity contribution in [3.8, 4) is 0 Å². The summed E-state index contributed by atoms with van der Waals surface area (Å²) in [6.07, 6.45) is 0.346. The number of ether oxygens (including phenoxy) is 1. The predicted molar refractivity (Wildman–Crippen MR) is 98.0 cm³/mol. The summed E-state index contributed by atoms with van der Waals surface area (Å²) in [4.78, 5) is 14.8. The lowest BCUT2D eigenvalue weighted by molar-refractivity contribution is -0.120. The first-order valence-electron chi connectivity index (χ1n) is 9.09. The maximum absolute atomic E-state index is 12.5. The van der Waals surface area contributed by atoms with Gasteiger partial charge in [0, 0.05) is 37.9 Å². The summed E-state index contributed by atoms with van der Waals surface area (Å²) in [5.74, 6) is 1.77. The van der Waals surface area contributed by atoms with Crippen molar-refractivity contribution < 1.29 is 13.9 Å². The van der Waals surface area contributed by atoms with E-state index >= 15 is 0 Å². The van der Waals surface area contributed by atoms with Crippen LogP contribution in [-0.4, -0.2) is 53.4 Å². The highest BCUT2D eigenvalue weighted by atomic mass is 16.5. The van der Waals surface area contributed by atoms with Crippen molar-refractivity contribution in [1.82, 2.24) is 20.0 Å². The Kier molecular flexibility index (Phi) is 5.78. The zero-order chi connectivity index (χ0) is 18.7. The third kappa shape index (κ3) is 4.16. The molecular formula is C19H28N4O3. The summed E-state index contributed by atoms with van der Waals surface area (Å²) in [6.45, 7) is 9.47. The van der Waals surface area contributed by atoms with Crippen LogP contribution in [0.1, 0.15) is 34.5 Å². The van der Waals surface area contributed by atoms with Gasteiger partial charge in [-0.3, -0.25) is 14.4 Å². The lowest BCUT2D eigenvalue weighted by Crippen LogP contribution is -2.44. The van der Waals surface area contributed by atoms with E-state index in [-0.39, 0.29) is 11.9 Å². The van der Waals surface area contributed by atoms with Gasteiger partial charge in [-0.05, 0) is 32.9 Å². The van der Waals surface area contributed by atoms with Crippen molar-refractivity contribution in [3.05, 3.63) is 40.6 Å². The Labute approximate surface area is 154 Å². The highest BCUT2D eigenvalue weighted by molar-refractivity contribution is 5.79. The summed E-state index contributed by atoms with van der Waals surface area (Å²) < 4.78 is 13.1. The Hall–Kier alpha value is -2.12. The van der Waals surface area contributed by atoms with Crippen LogP contribution in [0.15, 0.2) is 16.5 Å². The number of amides is 1.